The van der Waals surface area contributed by atoms with E-state index >= 15 is 0 Å². The molecule has 0 radical (unpaired) electrons. The largest absolute Gasteiger partial charge is 0.351 e. The number of hydrazone groups is 1. The van der Waals surface area contributed by atoms with Crippen LogP contribution in [0.1, 0.15) is 57.1 Å². The van der Waals surface area contributed by atoms with Crippen molar-refractivity contribution in [2.24, 2.45) is 5.10 Å². The van der Waals surface area contributed by atoms with Crippen LogP contribution >= 0.6 is 34.8 Å². The van der Waals surface area contributed by atoms with Crippen molar-refractivity contribution < 1.29 is 4.79 Å². The third-order valence-corrected chi connectivity index (χ3v) is 5.92. The van der Waals surface area contributed by atoms with Crippen molar-refractivity contribution in [3.05, 3.63) is 63.1 Å². The molecule has 1 atom stereocenters. The Labute approximate surface area is 193 Å². The van der Waals surface area contributed by atoms with Gasteiger partial charge < -0.3 is 5.32 Å². The molecule has 0 saturated heterocycles. The third kappa shape index (κ3) is 6.13. The molecule has 1 N–H and O–H groups in total. The minimum atomic E-state index is -0.0302. The lowest BCUT2D eigenvalue weighted by Gasteiger charge is -2.25. The predicted molar refractivity (Wildman–Crippen MR) is 127 cm³/mol. The van der Waals surface area contributed by atoms with Crippen LogP contribution in [0.15, 0.2) is 47.6 Å². The van der Waals surface area contributed by atoms with Crippen molar-refractivity contribution >= 4 is 52.1 Å². The molecule has 1 aliphatic heterocycles. The van der Waals surface area contributed by atoms with E-state index in [4.69, 9.17) is 39.9 Å². The zero-order valence-electron chi connectivity index (χ0n) is 17.0. The highest BCUT2D eigenvalue weighted by molar-refractivity contribution is 6.36. The molecular weight excluding hydrogens is 441 g/mol. The minimum absolute atomic E-state index is 0.0302. The number of nitrogens with zero attached hydrogens (tertiary/aromatic N) is 2. The van der Waals surface area contributed by atoms with Crippen molar-refractivity contribution in [2.75, 3.05) is 11.6 Å². The van der Waals surface area contributed by atoms with Crippen LogP contribution in [0.4, 0.5) is 5.69 Å². The number of benzene rings is 2. The zero-order valence-corrected chi connectivity index (χ0v) is 19.3. The first-order valence-electron chi connectivity index (χ1n) is 10.3. The Balaban J connectivity index is 1.73. The molecule has 30 heavy (non-hydrogen) atoms. The van der Waals surface area contributed by atoms with Crippen LogP contribution in [0.25, 0.3) is 0 Å². The molecular formula is C23H26Cl3N3O. The summed E-state index contributed by atoms with van der Waals surface area (Å²) in [7, 11) is 0. The van der Waals surface area contributed by atoms with Crippen LogP contribution in [0.2, 0.25) is 15.1 Å². The monoisotopic (exact) mass is 465 g/mol. The minimum Gasteiger partial charge on any atom is -0.351 e. The van der Waals surface area contributed by atoms with E-state index in [1.807, 2.05) is 35.3 Å². The Morgan fingerprint density at radius 2 is 1.80 bits per heavy atom. The molecule has 1 heterocycles. The van der Waals surface area contributed by atoms with Gasteiger partial charge in [-0.1, -0.05) is 73.1 Å². The van der Waals surface area contributed by atoms with E-state index < -0.39 is 0 Å². The lowest BCUT2D eigenvalue weighted by atomic mass is 10.0. The third-order valence-electron chi connectivity index (χ3n) is 5.13. The molecule has 0 saturated carbocycles. The topological polar surface area (TPSA) is 44.7 Å². The summed E-state index contributed by atoms with van der Waals surface area (Å²) in [5, 5.41) is 11.5. The Kier molecular flexibility index (Phi) is 8.43. The second-order valence-electron chi connectivity index (χ2n) is 7.47. The fourth-order valence-corrected chi connectivity index (χ4v) is 4.14. The summed E-state index contributed by atoms with van der Waals surface area (Å²) >= 11 is 18.6. The van der Waals surface area contributed by atoms with Crippen LogP contribution in [-0.4, -0.2) is 18.2 Å². The van der Waals surface area contributed by atoms with Gasteiger partial charge in [0, 0.05) is 22.9 Å². The molecule has 0 aliphatic carbocycles. The van der Waals surface area contributed by atoms with Gasteiger partial charge >= 0.3 is 0 Å². The van der Waals surface area contributed by atoms with Crippen molar-refractivity contribution in [1.29, 1.82) is 0 Å². The number of unbranched alkanes of at least 4 members (excludes halogenated alkanes) is 3. The maximum atomic E-state index is 12.2. The quantitative estimate of drug-likeness (QED) is 0.403. The van der Waals surface area contributed by atoms with Crippen molar-refractivity contribution in [2.45, 2.75) is 51.5 Å². The molecule has 4 nitrogen and oxygen atoms in total. The molecule has 0 bridgehead atoms. The number of nitrogens with one attached hydrogen (secondary N) is 1. The lowest BCUT2D eigenvalue weighted by Crippen LogP contribution is -2.28. The number of carbonyl (C=O) groups excluding carboxylic acids is 1. The Morgan fingerprint density at radius 3 is 2.50 bits per heavy atom. The molecule has 160 valence electrons. The number of rotatable bonds is 9. The van der Waals surface area contributed by atoms with Crippen LogP contribution in [0.3, 0.4) is 0 Å². The molecule has 7 heteroatoms. The average Bonchev–Trinajstić information content (AvgIpc) is 3.14. The van der Waals surface area contributed by atoms with Gasteiger partial charge in [0.25, 0.3) is 0 Å². The van der Waals surface area contributed by atoms with E-state index in [1.54, 1.807) is 12.1 Å². The van der Waals surface area contributed by atoms with Crippen molar-refractivity contribution in [3.63, 3.8) is 0 Å². The zero-order chi connectivity index (χ0) is 21.5. The Morgan fingerprint density at radius 1 is 1.07 bits per heavy atom. The number of amides is 1. The van der Waals surface area contributed by atoms with Gasteiger partial charge in [-0.3, -0.25) is 9.80 Å². The highest BCUT2D eigenvalue weighted by Crippen LogP contribution is 2.39. The normalized spacial score (nSPS) is 15.9. The number of carbonyl (C=O) groups is 1. The van der Waals surface area contributed by atoms with Gasteiger partial charge in [0.2, 0.25) is 5.91 Å². The van der Waals surface area contributed by atoms with E-state index in [9.17, 15) is 4.79 Å². The lowest BCUT2D eigenvalue weighted by molar-refractivity contribution is -0.120. The number of hydrogen-bond acceptors (Lipinski definition) is 3. The van der Waals surface area contributed by atoms with Gasteiger partial charge in [0.15, 0.2) is 0 Å². The Hall–Kier alpha value is -1.75. The molecule has 0 spiro atoms. The van der Waals surface area contributed by atoms with Gasteiger partial charge in [-0.15, -0.1) is 0 Å². The van der Waals surface area contributed by atoms with E-state index in [0.29, 0.717) is 34.5 Å². The van der Waals surface area contributed by atoms with E-state index in [0.717, 1.165) is 36.2 Å². The summed E-state index contributed by atoms with van der Waals surface area (Å²) in [4.78, 5) is 12.2. The first-order valence-corrected chi connectivity index (χ1v) is 11.4. The number of anilines is 1. The average molecular weight is 467 g/mol. The van der Waals surface area contributed by atoms with Crippen LogP contribution in [0, 0.1) is 0 Å². The van der Waals surface area contributed by atoms with Gasteiger partial charge in [-0.05, 0) is 42.3 Å². The highest BCUT2D eigenvalue weighted by Gasteiger charge is 2.30. The summed E-state index contributed by atoms with van der Waals surface area (Å²) in [5.74, 6) is 0.0693. The van der Waals surface area contributed by atoms with Crippen LogP contribution < -0.4 is 10.3 Å². The fourth-order valence-electron chi connectivity index (χ4n) is 3.51. The molecule has 2 aromatic carbocycles. The number of hydrogen-bond donors (Lipinski definition) is 1. The SMILES string of the molecule is CCCCCCC(=O)NCC1=NN(c2ccc(Cl)cc2Cl)C(c2ccc(Cl)cc2)C1. The van der Waals surface area contributed by atoms with Crippen LogP contribution in [-0.2, 0) is 4.79 Å². The molecule has 2 aromatic rings. The van der Waals surface area contributed by atoms with Crippen molar-refractivity contribution in [3.8, 4) is 0 Å². The van der Waals surface area contributed by atoms with E-state index in [2.05, 4.69) is 12.2 Å². The molecule has 0 fully saturated rings. The maximum Gasteiger partial charge on any atom is 0.220 e. The summed E-state index contributed by atoms with van der Waals surface area (Å²) in [6.07, 6.45) is 5.59. The summed E-state index contributed by atoms with van der Waals surface area (Å²) < 4.78 is 0. The van der Waals surface area contributed by atoms with Gasteiger partial charge in [-0.25, -0.2) is 0 Å². The van der Waals surface area contributed by atoms with E-state index in [1.165, 1.54) is 6.42 Å². The maximum absolute atomic E-state index is 12.2. The summed E-state index contributed by atoms with van der Waals surface area (Å²) in [5.41, 5.74) is 2.76. The molecule has 1 aliphatic rings. The van der Waals surface area contributed by atoms with E-state index in [-0.39, 0.29) is 11.9 Å². The summed E-state index contributed by atoms with van der Waals surface area (Å²) in [6.45, 7) is 2.59. The van der Waals surface area contributed by atoms with Gasteiger partial charge in [0.1, 0.15) is 0 Å². The standard InChI is InChI=1S/C23H26Cl3N3O/c1-2-3-4-5-6-23(30)27-15-19-14-22(16-7-9-17(24)10-8-16)29(28-19)21-12-11-18(25)13-20(21)26/h7-13,22H,2-6,14-15H2,1H3,(H,27,30). The summed E-state index contributed by atoms with van der Waals surface area (Å²) in [6, 6.07) is 13.1. The second-order valence-corrected chi connectivity index (χ2v) is 8.75. The molecule has 3 rings (SSSR count). The van der Waals surface area contributed by atoms with Gasteiger partial charge in [-0.2, -0.15) is 5.10 Å². The predicted octanol–water partition coefficient (Wildman–Crippen LogP) is 7.04. The molecule has 0 aromatic heterocycles. The first kappa shape index (κ1) is 22.9. The van der Waals surface area contributed by atoms with Crippen molar-refractivity contribution in [1.82, 2.24) is 5.32 Å². The Bertz CT molecular complexity index is 899. The number of halogens is 3. The second kappa shape index (κ2) is 11.0. The molecule has 1 unspecified atom stereocenters. The molecule has 1 amide bonds. The van der Waals surface area contributed by atoms with Gasteiger partial charge in [0.05, 0.1) is 29.0 Å². The smallest absolute Gasteiger partial charge is 0.220 e. The first-order chi connectivity index (χ1) is 14.5. The fraction of sp³-hybridized carbons (Fsp3) is 0.391. The van der Waals surface area contributed by atoms with Crippen LogP contribution in [0.5, 0.6) is 0 Å². The highest BCUT2D eigenvalue weighted by atomic mass is 35.5.